The molecule has 0 aliphatic heterocycles. The highest BCUT2D eigenvalue weighted by atomic mass is 14.6. The summed E-state index contributed by atoms with van der Waals surface area (Å²) in [5.41, 5.74) is 1.83. The molecule has 0 radical (unpaired) electrons. The van der Waals surface area contributed by atoms with Gasteiger partial charge in [-0.25, -0.2) is 0 Å². The maximum atomic E-state index is 2.57. The summed E-state index contributed by atoms with van der Waals surface area (Å²) < 4.78 is 0. The van der Waals surface area contributed by atoms with E-state index in [0.717, 1.165) is 5.92 Å². The molecule has 2 rings (SSSR count). The van der Waals surface area contributed by atoms with Crippen molar-refractivity contribution in [2.75, 3.05) is 0 Å². The first-order valence-corrected chi connectivity index (χ1v) is 6.79. The topological polar surface area (TPSA) is 0 Å². The van der Waals surface area contributed by atoms with Crippen LogP contribution >= 0.6 is 0 Å². The van der Waals surface area contributed by atoms with Gasteiger partial charge in [0, 0.05) is 0 Å². The molecule has 15 heavy (non-hydrogen) atoms. The molecule has 0 aromatic rings. The molecule has 0 N–H and O–H groups in total. The highest BCUT2D eigenvalue weighted by molar-refractivity contribution is 5.04. The van der Waals surface area contributed by atoms with Crippen LogP contribution in [-0.2, 0) is 0 Å². The summed E-state index contributed by atoms with van der Waals surface area (Å²) in [5, 5.41) is 0. The summed E-state index contributed by atoms with van der Waals surface area (Å²) in [6, 6.07) is 0. The van der Waals surface area contributed by atoms with E-state index in [-0.39, 0.29) is 0 Å². The van der Waals surface area contributed by atoms with Crippen molar-refractivity contribution in [2.45, 2.75) is 73.1 Å². The average molecular weight is 208 g/mol. The van der Waals surface area contributed by atoms with Crippen molar-refractivity contribution < 1.29 is 0 Å². The molecule has 2 fully saturated rings. The van der Waals surface area contributed by atoms with Crippen molar-refractivity contribution in [3.05, 3.63) is 0 Å². The van der Waals surface area contributed by atoms with Gasteiger partial charge in [-0.15, -0.1) is 0 Å². The Morgan fingerprint density at radius 2 is 1.40 bits per heavy atom. The molecule has 88 valence electrons. The molecule has 0 aromatic carbocycles. The van der Waals surface area contributed by atoms with E-state index in [2.05, 4.69) is 34.6 Å². The molecule has 0 nitrogen and oxygen atoms in total. The van der Waals surface area contributed by atoms with Gasteiger partial charge in [-0.2, -0.15) is 0 Å². The Bertz CT molecular complexity index is 253. The largest absolute Gasteiger partial charge is 0.0620 e. The van der Waals surface area contributed by atoms with Crippen LogP contribution in [0.1, 0.15) is 73.1 Å². The summed E-state index contributed by atoms with van der Waals surface area (Å²) in [7, 11) is 0. The lowest BCUT2D eigenvalue weighted by molar-refractivity contribution is -0.100. The Hall–Kier alpha value is 0. The molecular formula is C15H28. The van der Waals surface area contributed by atoms with Gasteiger partial charge in [0.15, 0.2) is 0 Å². The van der Waals surface area contributed by atoms with Gasteiger partial charge in [-0.3, -0.25) is 0 Å². The Morgan fingerprint density at radius 1 is 0.867 bits per heavy atom. The Balaban J connectivity index is 2.29. The van der Waals surface area contributed by atoms with E-state index in [1.807, 2.05) is 0 Å². The molecule has 2 aliphatic carbocycles. The van der Waals surface area contributed by atoms with Crippen LogP contribution in [0.2, 0.25) is 0 Å². The van der Waals surface area contributed by atoms with Crippen molar-refractivity contribution in [3.63, 3.8) is 0 Å². The summed E-state index contributed by atoms with van der Waals surface area (Å²) in [5.74, 6) is 0.897. The Labute approximate surface area is 95.8 Å². The van der Waals surface area contributed by atoms with Crippen molar-refractivity contribution in [3.8, 4) is 0 Å². The molecular weight excluding hydrogens is 180 g/mol. The van der Waals surface area contributed by atoms with Gasteiger partial charge in [-0.05, 0) is 47.8 Å². The lowest BCUT2D eigenvalue weighted by Gasteiger charge is -2.60. The SMILES string of the molecule is C[C@H]1C[C@]2(C)CCCC[C@]2(C)CC1(C)C. The summed E-state index contributed by atoms with van der Waals surface area (Å²) >= 11 is 0. The average Bonchev–Trinajstić information content (AvgIpc) is 2.08. The molecule has 0 heteroatoms. The van der Waals surface area contributed by atoms with Crippen molar-refractivity contribution >= 4 is 0 Å². The third-order valence-corrected chi connectivity index (χ3v) is 6.10. The molecule has 0 aromatic heterocycles. The van der Waals surface area contributed by atoms with E-state index in [1.165, 1.54) is 38.5 Å². The second-order valence-corrected chi connectivity index (χ2v) is 7.60. The zero-order valence-electron chi connectivity index (χ0n) is 11.3. The van der Waals surface area contributed by atoms with Crippen LogP contribution in [-0.4, -0.2) is 0 Å². The van der Waals surface area contributed by atoms with E-state index in [4.69, 9.17) is 0 Å². The Kier molecular flexibility index (Phi) is 2.48. The lowest BCUT2D eigenvalue weighted by atomic mass is 9.45. The van der Waals surface area contributed by atoms with Gasteiger partial charge in [0.1, 0.15) is 0 Å². The van der Waals surface area contributed by atoms with E-state index in [1.54, 1.807) is 0 Å². The van der Waals surface area contributed by atoms with Crippen LogP contribution in [0.5, 0.6) is 0 Å². The summed E-state index contributed by atoms with van der Waals surface area (Å²) in [6.45, 7) is 12.6. The maximum Gasteiger partial charge on any atom is -0.0267 e. The molecule has 0 bridgehead atoms. The molecule has 0 saturated heterocycles. The first-order chi connectivity index (χ1) is 6.79. The molecule has 2 saturated carbocycles. The van der Waals surface area contributed by atoms with Gasteiger partial charge in [0.25, 0.3) is 0 Å². The second kappa shape index (κ2) is 3.25. The van der Waals surface area contributed by atoms with E-state index < -0.39 is 0 Å². The smallest absolute Gasteiger partial charge is 0.0267 e. The van der Waals surface area contributed by atoms with E-state index in [0.29, 0.717) is 16.2 Å². The normalized spacial score (nSPS) is 49.8. The summed E-state index contributed by atoms with van der Waals surface area (Å²) in [4.78, 5) is 0. The fourth-order valence-corrected chi connectivity index (χ4v) is 4.42. The van der Waals surface area contributed by atoms with Gasteiger partial charge in [-0.1, -0.05) is 47.5 Å². The Morgan fingerprint density at radius 3 is 2.00 bits per heavy atom. The number of hydrogen-bond donors (Lipinski definition) is 0. The van der Waals surface area contributed by atoms with Gasteiger partial charge >= 0.3 is 0 Å². The quantitative estimate of drug-likeness (QED) is 0.524. The number of rotatable bonds is 0. The molecule has 0 unspecified atom stereocenters. The van der Waals surface area contributed by atoms with Crippen LogP contribution in [0.25, 0.3) is 0 Å². The predicted octanol–water partition coefficient (Wildman–Crippen LogP) is 5.03. The monoisotopic (exact) mass is 208 g/mol. The highest BCUT2D eigenvalue weighted by Gasteiger charge is 2.54. The molecule has 2 aliphatic rings. The zero-order chi connectivity index (χ0) is 11.3. The highest BCUT2D eigenvalue weighted by Crippen LogP contribution is 2.64. The molecule has 0 amide bonds. The standard InChI is InChI=1S/C15H28/c1-12-10-14(4)8-6-7-9-15(14,5)11-13(12,2)3/h12H,6-11H2,1-5H3/t12-,14-,15+/m0/s1. The van der Waals surface area contributed by atoms with Crippen LogP contribution in [0.4, 0.5) is 0 Å². The minimum Gasteiger partial charge on any atom is -0.0620 e. The van der Waals surface area contributed by atoms with E-state index >= 15 is 0 Å². The number of fused-ring (bicyclic) bond motifs is 1. The molecule has 0 spiro atoms. The fourth-order valence-electron chi connectivity index (χ4n) is 4.42. The lowest BCUT2D eigenvalue weighted by Crippen LogP contribution is -2.50. The van der Waals surface area contributed by atoms with Crippen molar-refractivity contribution in [1.82, 2.24) is 0 Å². The van der Waals surface area contributed by atoms with Crippen LogP contribution in [0.15, 0.2) is 0 Å². The van der Waals surface area contributed by atoms with Crippen molar-refractivity contribution in [1.29, 1.82) is 0 Å². The first kappa shape index (κ1) is 11.5. The third kappa shape index (κ3) is 1.65. The van der Waals surface area contributed by atoms with E-state index in [9.17, 15) is 0 Å². The first-order valence-electron chi connectivity index (χ1n) is 6.79. The van der Waals surface area contributed by atoms with Gasteiger partial charge in [0.05, 0.1) is 0 Å². The third-order valence-electron chi connectivity index (χ3n) is 6.10. The van der Waals surface area contributed by atoms with Crippen LogP contribution in [0.3, 0.4) is 0 Å². The molecule has 3 atom stereocenters. The van der Waals surface area contributed by atoms with Gasteiger partial charge < -0.3 is 0 Å². The van der Waals surface area contributed by atoms with Crippen molar-refractivity contribution in [2.24, 2.45) is 22.2 Å². The minimum absolute atomic E-state index is 0.561. The number of hydrogen-bond acceptors (Lipinski definition) is 0. The molecule has 0 heterocycles. The van der Waals surface area contributed by atoms with Crippen LogP contribution in [0, 0.1) is 22.2 Å². The fraction of sp³-hybridized carbons (Fsp3) is 1.00. The zero-order valence-corrected chi connectivity index (χ0v) is 11.3. The van der Waals surface area contributed by atoms with Crippen LogP contribution < -0.4 is 0 Å². The summed E-state index contributed by atoms with van der Waals surface area (Å²) in [6.07, 6.45) is 8.79. The van der Waals surface area contributed by atoms with Gasteiger partial charge in [0.2, 0.25) is 0 Å². The minimum atomic E-state index is 0.561. The predicted molar refractivity (Wildman–Crippen MR) is 66.9 cm³/mol. The maximum absolute atomic E-state index is 2.57. The second-order valence-electron chi connectivity index (χ2n) is 7.60.